The molecule has 2 unspecified atom stereocenters. The Morgan fingerprint density at radius 2 is 1.93 bits per heavy atom. The van der Waals surface area contributed by atoms with Crippen LogP contribution in [0.2, 0.25) is 0 Å². The average Bonchev–Trinajstić information content (AvgIpc) is 2.99. The Morgan fingerprint density at radius 1 is 1.11 bits per heavy atom. The van der Waals surface area contributed by atoms with Crippen LogP contribution in [-0.4, -0.2) is 12.6 Å². The van der Waals surface area contributed by atoms with E-state index < -0.39 is 5.97 Å². The highest BCUT2D eigenvalue weighted by Gasteiger charge is 2.59. The highest BCUT2D eigenvalue weighted by molar-refractivity contribution is 5.94. The van der Waals surface area contributed by atoms with E-state index in [0.717, 1.165) is 42.6 Å². The van der Waals surface area contributed by atoms with Crippen LogP contribution in [0.25, 0.3) is 0 Å². The predicted molar refractivity (Wildman–Crippen MR) is 106 cm³/mol. The Kier molecular flexibility index (Phi) is 4.90. The molecule has 4 aliphatic rings. The van der Waals surface area contributed by atoms with E-state index in [2.05, 4.69) is 19.9 Å². The number of hydrogen-bond donors (Lipinski definition) is 0. The fraction of sp³-hybridized carbons (Fsp3) is 0.833. The minimum atomic E-state index is -0.401. The van der Waals surface area contributed by atoms with Gasteiger partial charge in [-0.05, 0) is 98.4 Å². The molecule has 0 N–H and O–H groups in total. The first-order chi connectivity index (χ1) is 13.0. The number of fused-ring (bicyclic) bond motifs is 5. The maximum absolute atomic E-state index is 12.4. The summed E-state index contributed by atoms with van der Waals surface area (Å²) in [6, 6.07) is 2.22. The van der Waals surface area contributed by atoms with Gasteiger partial charge in [-0.3, -0.25) is 0 Å². The summed E-state index contributed by atoms with van der Waals surface area (Å²) in [5, 5.41) is 9.71. The maximum Gasteiger partial charge on any atom is 0.348 e. The van der Waals surface area contributed by atoms with Crippen LogP contribution in [0.3, 0.4) is 0 Å². The van der Waals surface area contributed by atoms with E-state index >= 15 is 0 Å². The zero-order valence-electron chi connectivity index (χ0n) is 17.4. The zero-order chi connectivity index (χ0) is 19.2. The Labute approximate surface area is 164 Å². The largest absolute Gasteiger partial charge is 0.462 e. The molecule has 0 amide bonds. The molecule has 148 valence electrons. The van der Waals surface area contributed by atoms with E-state index in [-0.39, 0.29) is 5.41 Å². The summed E-state index contributed by atoms with van der Waals surface area (Å²) < 4.78 is 5.21. The predicted octanol–water partition coefficient (Wildman–Crippen LogP) is 5.80. The molecule has 0 radical (unpaired) electrons. The molecule has 0 saturated heterocycles. The minimum absolute atomic E-state index is 0.0247. The fourth-order valence-corrected chi connectivity index (χ4v) is 7.96. The molecule has 0 aromatic heterocycles. The lowest BCUT2D eigenvalue weighted by Gasteiger charge is -2.60. The first kappa shape index (κ1) is 19.0. The molecule has 6 atom stereocenters. The van der Waals surface area contributed by atoms with Crippen molar-refractivity contribution in [3.63, 3.8) is 0 Å². The van der Waals surface area contributed by atoms with Gasteiger partial charge in [-0.2, -0.15) is 5.26 Å². The Balaban J connectivity index is 1.65. The second-order valence-electron chi connectivity index (χ2n) is 10.1. The van der Waals surface area contributed by atoms with E-state index in [1.165, 1.54) is 44.9 Å². The second kappa shape index (κ2) is 6.94. The van der Waals surface area contributed by atoms with Gasteiger partial charge in [0.25, 0.3) is 0 Å². The molecule has 4 saturated carbocycles. The summed E-state index contributed by atoms with van der Waals surface area (Å²) in [5.41, 5.74) is 1.99. The summed E-state index contributed by atoms with van der Waals surface area (Å²) >= 11 is 0. The van der Waals surface area contributed by atoms with Crippen LogP contribution < -0.4 is 0 Å². The van der Waals surface area contributed by atoms with Gasteiger partial charge >= 0.3 is 5.97 Å². The SMILES string of the molecule is CCOC(=O)/C(C#N)=C1/CCC2[C@@H]3CCC4CCCC[C@]4(C)[C@H]3CC[C@]12C. The van der Waals surface area contributed by atoms with Gasteiger partial charge in [-0.25, -0.2) is 4.79 Å². The van der Waals surface area contributed by atoms with E-state index in [4.69, 9.17) is 4.74 Å². The third kappa shape index (κ3) is 2.78. The normalized spacial score (nSPS) is 45.1. The van der Waals surface area contributed by atoms with Crippen LogP contribution in [0.1, 0.15) is 85.0 Å². The van der Waals surface area contributed by atoms with Crippen molar-refractivity contribution in [2.75, 3.05) is 6.61 Å². The summed E-state index contributed by atoms with van der Waals surface area (Å²) in [7, 11) is 0. The topological polar surface area (TPSA) is 50.1 Å². The van der Waals surface area contributed by atoms with Gasteiger partial charge in [0.15, 0.2) is 0 Å². The van der Waals surface area contributed by atoms with Crippen molar-refractivity contribution in [2.45, 2.75) is 85.0 Å². The van der Waals surface area contributed by atoms with Crippen LogP contribution in [-0.2, 0) is 9.53 Å². The first-order valence-corrected chi connectivity index (χ1v) is 11.3. The van der Waals surface area contributed by atoms with Gasteiger partial charge in [-0.1, -0.05) is 26.7 Å². The van der Waals surface area contributed by atoms with Crippen LogP contribution in [0.15, 0.2) is 11.1 Å². The van der Waals surface area contributed by atoms with Crippen LogP contribution >= 0.6 is 0 Å². The number of allylic oxidation sites excluding steroid dienone is 1. The highest BCUT2D eigenvalue weighted by atomic mass is 16.5. The van der Waals surface area contributed by atoms with Gasteiger partial charge in [0.05, 0.1) is 6.61 Å². The van der Waals surface area contributed by atoms with Crippen LogP contribution in [0.5, 0.6) is 0 Å². The third-order valence-corrected chi connectivity index (χ3v) is 9.26. The lowest BCUT2D eigenvalue weighted by atomic mass is 9.45. The van der Waals surface area contributed by atoms with E-state index in [1.807, 2.05) is 6.92 Å². The van der Waals surface area contributed by atoms with Crippen molar-refractivity contribution in [3.8, 4) is 6.07 Å². The van der Waals surface area contributed by atoms with Crippen molar-refractivity contribution < 1.29 is 9.53 Å². The lowest BCUT2D eigenvalue weighted by molar-refractivity contribution is -0.138. The summed E-state index contributed by atoms with van der Waals surface area (Å²) in [5.74, 6) is 2.80. The molecule has 4 aliphatic carbocycles. The molecule has 0 aromatic carbocycles. The summed E-state index contributed by atoms with van der Waals surface area (Å²) in [4.78, 5) is 12.4. The number of nitriles is 1. The maximum atomic E-state index is 12.4. The van der Waals surface area contributed by atoms with Crippen LogP contribution in [0.4, 0.5) is 0 Å². The monoisotopic (exact) mass is 369 g/mol. The number of rotatable bonds is 2. The molecule has 3 nitrogen and oxygen atoms in total. The van der Waals surface area contributed by atoms with Crippen molar-refractivity contribution in [2.24, 2.45) is 34.5 Å². The molecule has 0 bridgehead atoms. The number of carbonyl (C=O) groups excluding carboxylic acids is 1. The molecule has 3 heteroatoms. The number of carbonyl (C=O) groups is 1. The molecule has 0 aromatic rings. The molecule has 4 fully saturated rings. The quantitative estimate of drug-likeness (QED) is 0.351. The van der Waals surface area contributed by atoms with Gasteiger partial charge in [-0.15, -0.1) is 0 Å². The summed E-state index contributed by atoms with van der Waals surface area (Å²) in [6.07, 6.45) is 12.9. The Hall–Kier alpha value is -1.30. The molecule has 0 aliphatic heterocycles. The van der Waals surface area contributed by atoms with Gasteiger partial charge in [0.1, 0.15) is 11.6 Å². The van der Waals surface area contributed by atoms with Crippen molar-refractivity contribution in [1.82, 2.24) is 0 Å². The second-order valence-corrected chi connectivity index (χ2v) is 10.1. The minimum Gasteiger partial charge on any atom is -0.462 e. The number of nitrogens with zero attached hydrogens (tertiary/aromatic N) is 1. The zero-order valence-corrected chi connectivity index (χ0v) is 17.4. The van der Waals surface area contributed by atoms with Crippen molar-refractivity contribution >= 4 is 5.97 Å². The number of hydrogen-bond acceptors (Lipinski definition) is 3. The first-order valence-electron chi connectivity index (χ1n) is 11.3. The average molecular weight is 370 g/mol. The van der Waals surface area contributed by atoms with Gasteiger partial charge < -0.3 is 4.74 Å². The molecule has 27 heavy (non-hydrogen) atoms. The van der Waals surface area contributed by atoms with Crippen molar-refractivity contribution in [3.05, 3.63) is 11.1 Å². The number of ether oxygens (including phenoxy) is 1. The third-order valence-electron chi connectivity index (χ3n) is 9.26. The highest BCUT2D eigenvalue weighted by Crippen LogP contribution is 2.67. The summed E-state index contributed by atoms with van der Waals surface area (Å²) in [6.45, 7) is 7.09. The number of esters is 1. The molecule has 0 heterocycles. The molecular weight excluding hydrogens is 334 g/mol. The van der Waals surface area contributed by atoms with E-state index in [1.54, 1.807) is 0 Å². The Morgan fingerprint density at radius 3 is 2.67 bits per heavy atom. The Bertz CT molecular complexity index is 689. The fourth-order valence-electron chi connectivity index (χ4n) is 7.96. The van der Waals surface area contributed by atoms with E-state index in [0.29, 0.717) is 23.5 Å². The molecule has 4 rings (SSSR count). The standard InChI is InChI=1S/C24H35NO2/c1-4-27-22(26)18(15-25)20-11-10-19-17-9-8-16-7-5-6-13-23(16,2)21(17)12-14-24(19,20)3/h16-17,19,21H,4-14H2,1-3H3/b20-18-/t16?,17-,19?,21-,23-,24-/m0/s1. The lowest BCUT2D eigenvalue weighted by Crippen LogP contribution is -2.52. The molecular formula is C24H35NO2. The van der Waals surface area contributed by atoms with Gasteiger partial charge in [0.2, 0.25) is 0 Å². The van der Waals surface area contributed by atoms with Gasteiger partial charge in [0, 0.05) is 0 Å². The van der Waals surface area contributed by atoms with Crippen LogP contribution in [0, 0.1) is 45.8 Å². The van der Waals surface area contributed by atoms with Crippen molar-refractivity contribution in [1.29, 1.82) is 5.26 Å². The smallest absolute Gasteiger partial charge is 0.348 e. The molecule has 0 spiro atoms. The van der Waals surface area contributed by atoms with E-state index in [9.17, 15) is 10.1 Å².